The van der Waals surface area contributed by atoms with Crippen molar-refractivity contribution in [1.82, 2.24) is 9.80 Å². The molecule has 0 radical (unpaired) electrons. The fraction of sp³-hybridized carbons (Fsp3) is 0.613. The van der Waals surface area contributed by atoms with Gasteiger partial charge in [-0.1, -0.05) is 76.9 Å². The summed E-state index contributed by atoms with van der Waals surface area (Å²) in [5, 5.41) is 22.0. The molecular formula is C31H50N2O2. The molecule has 2 atom stereocenters. The minimum atomic E-state index is -0.0968. The van der Waals surface area contributed by atoms with E-state index in [1.807, 2.05) is 0 Å². The molecular weight excluding hydrogens is 432 g/mol. The van der Waals surface area contributed by atoms with Crippen molar-refractivity contribution in [1.29, 1.82) is 0 Å². The van der Waals surface area contributed by atoms with E-state index in [2.05, 4.69) is 117 Å². The topological polar surface area (TPSA) is 46.9 Å². The Hall–Kier alpha value is -2.04. The van der Waals surface area contributed by atoms with Crippen LogP contribution in [0.3, 0.4) is 0 Å². The third kappa shape index (κ3) is 7.47. The second kappa shape index (κ2) is 10.9. The lowest BCUT2D eigenvalue weighted by Crippen LogP contribution is -2.37. The molecule has 0 bridgehead atoms. The summed E-state index contributed by atoms with van der Waals surface area (Å²) in [6.07, 6.45) is 0.990. The van der Waals surface area contributed by atoms with Gasteiger partial charge in [-0.15, -0.1) is 0 Å². The lowest BCUT2D eigenvalue weighted by Gasteiger charge is -2.33. The average Bonchev–Trinajstić information content (AvgIpc) is 2.70. The third-order valence-electron chi connectivity index (χ3n) is 7.31. The maximum Gasteiger partial charge on any atom is 0.123 e. The van der Waals surface area contributed by atoms with Crippen molar-refractivity contribution in [2.24, 2.45) is 0 Å². The summed E-state index contributed by atoms with van der Waals surface area (Å²) in [6, 6.07) is 9.09. The number of hydrogen-bond donors (Lipinski definition) is 2. The normalized spacial score (nSPS) is 14.6. The molecule has 0 unspecified atom stereocenters. The molecule has 0 heterocycles. The van der Waals surface area contributed by atoms with Crippen LogP contribution in [-0.4, -0.2) is 46.2 Å². The van der Waals surface area contributed by atoms with Crippen LogP contribution in [0.25, 0.3) is 0 Å². The third-order valence-corrected chi connectivity index (χ3v) is 7.31. The van der Waals surface area contributed by atoms with Gasteiger partial charge >= 0.3 is 0 Å². The molecule has 0 aliphatic carbocycles. The molecule has 2 aromatic carbocycles. The zero-order valence-electron chi connectivity index (χ0n) is 24.4. The van der Waals surface area contributed by atoms with Gasteiger partial charge in [0.05, 0.1) is 0 Å². The van der Waals surface area contributed by atoms with Crippen LogP contribution in [0.4, 0.5) is 0 Å². The molecule has 0 amide bonds. The highest BCUT2D eigenvalue weighted by atomic mass is 16.3. The molecule has 4 nitrogen and oxygen atoms in total. The van der Waals surface area contributed by atoms with Gasteiger partial charge in [0.15, 0.2) is 0 Å². The van der Waals surface area contributed by atoms with Gasteiger partial charge in [0.2, 0.25) is 0 Å². The summed E-state index contributed by atoms with van der Waals surface area (Å²) < 4.78 is 0. The standard InChI is InChI=1S/C31H50N2O2/c1-20-13-24(28(34)26(15-20)30(5,6)7)18-32(11)22(3)17-23(4)33(12)19-25-14-21(2)16-27(29(25)35)31(8,9)10/h13-16,22-23,34-35H,17-19H2,1-12H3/t22-,23-/m1/s1. The van der Waals surface area contributed by atoms with Crippen LogP contribution in [-0.2, 0) is 23.9 Å². The second-order valence-electron chi connectivity index (χ2n) is 12.9. The van der Waals surface area contributed by atoms with E-state index in [-0.39, 0.29) is 10.8 Å². The summed E-state index contributed by atoms with van der Waals surface area (Å²) in [5.74, 6) is 0.855. The largest absolute Gasteiger partial charge is 0.507 e. The monoisotopic (exact) mass is 482 g/mol. The van der Waals surface area contributed by atoms with Gasteiger partial charge in [0.25, 0.3) is 0 Å². The molecule has 2 aromatic rings. The number of aryl methyl sites for hydroxylation is 2. The number of nitrogens with zero attached hydrogens (tertiary/aromatic N) is 2. The lowest BCUT2D eigenvalue weighted by atomic mass is 9.84. The Morgan fingerprint density at radius 3 is 1.26 bits per heavy atom. The van der Waals surface area contributed by atoms with E-state index in [1.54, 1.807) is 0 Å². The fourth-order valence-electron chi connectivity index (χ4n) is 4.79. The molecule has 2 N–H and O–H groups in total. The first kappa shape index (κ1) is 29.2. The van der Waals surface area contributed by atoms with E-state index in [1.165, 1.54) is 11.1 Å². The van der Waals surface area contributed by atoms with E-state index in [0.29, 0.717) is 36.7 Å². The maximum absolute atomic E-state index is 11.0. The van der Waals surface area contributed by atoms with Crippen LogP contribution in [0, 0.1) is 13.8 Å². The molecule has 0 aliphatic heterocycles. The summed E-state index contributed by atoms with van der Waals surface area (Å²) in [7, 11) is 4.27. The van der Waals surface area contributed by atoms with E-state index in [9.17, 15) is 10.2 Å². The van der Waals surface area contributed by atoms with Crippen LogP contribution in [0.5, 0.6) is 11.5 Å². The summed E-state index contributed by atoms with van der Waals surface area (Å²) in [5.41, 5.74) is 6.17. The van der Waals surface area contributed by atoms with Crippen LogP contribution in [0.1, 0.15) is 95.2 Å². The molecule has 0 saturated heterocycles. The number of aromatic hydroxyl groups is 2. The van der Waals surface area contributed by atoms with Crippen molar-refractivity contribution in [2.45, 2.75) is 112 Å². The molecule has 0 aromatic heterocycles. The number of benzene rings is 2. The molecule has 0 spiro atoms. The zero-order chi connectivity index (χ0) is 26.9. The second-order valence-corrected chi connectivity index (χ2v) is 12.9. The highest BCUT2D eigenvalue weighted by Crippen LogP contribution is 2.36. The Bertz CT molecular complexity index is 933. The van der Waals surface area contributed by atoms with Gasteiger partial charge < -0.3 is 10.2 Å². The highest BCUT2D eigenvalue weighted by molar-refractivity contribution is 5.47. The lowest BCUT2D eigenvalue weighted by molar-refractivity contribution is 0.165. The predicted molar refractivity (Wildman–Crippen MR) is 150 cm³/mol. The van der Waals surface area contributed by atoms with E-state index in [4.69, 9.17) is 0 Å². The molecule has 196 valence electrons. The van der Waals surface area contributed by atoms with Crippen LogP contribution in [0.2, 0.25) is 0 Å². The van der Waals surface area contributed by atoms with Gasteiger partial charge in [-0.25, -0.2) is 0 Å². The van der Waals surface area contributed by atoms with Crippen molar-refractivity contribution < 1.29 is 10.2 Å². The molecule has 4 heteroatoms. The number of phenols is 2. The first-order valence-corrected chi connectivity index (χ1v) is 13.0. The predicted octanol–water partition coefficient (Wildman–Crippen LogP) is 7.04. The quantitative estimate of drug-likeness (QED) is 0.423. The molecule has 2 rings (SSSR count). The smallest absolute Gasteiger partial charge is 0.123 e. The van der Waals surface area contributed by atoms with Crippen molar-refractivity contribution in [3.05, 3.63) is 57.6 Å². The number of rotatable bonds is 8. The zero-order valence-corrected chi connectivity index (χ0v) is 24.4. The first-order valence-electron chi connectivity index (χ1n) is 13.0. The molecule has 0 fully saturated rings. The Morgan fingerprint density at radius 1 is 0.657 bits per heavy atom. The van der Waals surface area contributed by atoms with Crippen molar-refractivity contribution in [2.75, 3.05) is 14.1 Å². The Kier molecular flexibility index (Phi) is 9.11. The highest BCUT2D eigenvalue weighted by Gasteiger charge is 2.24. The van der Waals surface area contributed by atoms with Crippen molar-refractivity contribution in [3.8, 4) is 11.5 Å². The van der Waals surface area contributed by atoms with Crippen molar-refractivity contribution >= 4 is 0 Å². The van der Waals surface area contributed by atoms with Crippen LogP contribution >= 0.6 is 0 Å². The van der Waals surface area contributed by atoms with E-state index < -0.39 is 0 Å². The Balaban J connectivity index is 2.11. The minimum Gasteiger partial charge on any atom is -0.507 e. The maximum atomic E-state index is 11.0. The van der Waals surface area contributed by atoms with Gasteiger partial charge in [-0.2, -0.15) is 0 Å². The van der Waals surface area contributed by atoms with Crippen LogP contribution in [0.15, 0.2) is 24.3 Å². The SMILES string of the molecule is Cc1cc(CN(C)[C@H](C)C[C@@H](C)N(C)Cc2cc(C)cc(C(C)(C)C)c2O)c(O)c(C(C)(C)C)c1. The van der Waals surface area contributed by atoms with Gasteiger partial charge in [0, 0.05) is 36.3 Å². The summed E-state index contributed by atoms with van der Waals surface area (Å²) >= 11 is 0. The average molecular weight is 483 g/mol. The Labute approximate surface area is 215 Å². The minimum absolute atomic E-state index is 0.0968. The fourth-order valence-corrected chi connectivity index (χ4v) is 4.79. The van der Waals surface area contributed by atoms with Crippen LogP contribution < -0.4 is 0 Å². The van der Waals surface area contributed by atoms with Gasteiger partial charge in [-0.3, -0.25) is 9.80 Å². The molecule has 0 aliphatic rings. The van der Waals surface area contributed by atoms with Gasteiger partial charge in [0.1, 0.15) is 11.5 Å². The number of phenolic OH excluding ortho intramolecular Hbond substituents is 2. The van der Waals surface area contributed by atoms with E-state index >= 15 is 0 Å². The van der Waals surface area contributed by atoms with E-state index in [0.717, 1.165) is 28.7 Å². The first-order chi connectivity index (χ1) is 15.9. The summed E-state index contributed by atoms with van der Waals surface area (Å²) in [6.45, 7) is 23.0. The number of hydrogen-bond acceptors (Lipinski definition) is 4. The van der Waals surface area contributed by atoms with Gasteiger partial charge in [-0.05, 0) is 70.2 Å². The Morgan fingerprint density at radius 2 is 0.971 bits per heavy atom. The van der Waals surface area contributed by atoms with Crippen molar-refractivity contribution in [3.63, 3.8) is 0 Å². The molecule has 35 heavy (non-hydrogen) atoms. The summed E-state index contributed by atoms with van der Waals surface area (Å²) in [4.78, 5) is 4.65. The molecule has 0 saturated carbocycles.